The Balaban J connectivity index is 1.79. The number of aliphatic imine (C=N–C) groups is 1. The predicted octanol–water partition coefficient (Wildman–Crippen LogP) is 1.18. The normalized spacial score (nSPS) is 22.4. The van der Waals surface area contributed by atoms with E-state index < -0.39 is 0 Å². The fourth-order valence-corrected chi connectivity index (χ4v) is 2.85. The smallest absolute Gasteiger partial charge is 0.219 e. The summed E-state index contributed by atoms with van der Waals surface area (Å²) < 4.78 is 0. The largest absolute Gasteiger partial charge is 0.358 e. The number of allylic oxidation sites excluding steroid dienone is 1. The minimum absolute atomic E-state index is 0.201. The van der Waals surface area contributed by atoms with Crippen LogP contribution in [-0.2, 0) is 4.79 Å². The van der Waals surface area contributed by atoms with Gasteiger partial charge in [0.25, 0.3) is 0 Å². The SMILES string of the molecule is C/C=C\N=C(CC)N1CCN(C2CN(C(C)=O)C2)CC1. The molecule has 2 saturated heterocycles. The molecule has 5 nitrogen and oxygen atoms in total. The number of hydrogen-bond acceptors (Lipinski definition) is 3. The highest BCUT2D eigenvalue weighted by Crippen LogP contribution is 2.17. The molecule has 0 aromatic heterocycles. The van der Waals surface area contributed by atoms with Crippen molar-refractivity contribution in [2.75, 3.05) is 39.3 Å². The fourth-order valence-electron chi connectivity index (χ4n) is 2.85. The van der Waals surface area contributed by atoms with Crippen molar-refractivity contribution in [3.8, 4) is 0 Å². The van der Waals surface area contributed by atoms with Gasteiger partial charge in [-0.3, -0.25) is 9.69 Å². The van der Waals surface area contributed by atoms with E-state index in [2.05, 4.69) is 21.7 Å². The first kappa shape index (κ1) is 15.0. The first-order chi connectivity index (χ1) is 9.65. The molecule has 0 N–H and O–H groups in total. The molecule has 112 valence electrons. The van der Waals surface area contributed by atoms with Crippen LogP contribution in [0.5, 0.6) is 0 Å². The van der Waals surface area contributed by atoms with Gasteiger partial charge >= 0.3 is 0 Å². The number of hydrogen-bond donors (Lipinski definition) is 0. The summed E-state index contributed by atoms with van der Waals surface area (Å²) in [4.78, 5) is 22.5. The van der Waals surface area contributed by atoms with E-state index in [1.54, 1.807) is 6.92 Å². The van der Waals surface area contributed by atoms with Crippen LogP contribution >= 0.6 is 0 Å². The van der Waals surface area contributed by atoms with Gasteiger partial charge in [-0.1, -0.05) is 13.0 Å². The summed E-state index contributed by atoms with van der Waals surface area (Å²) in [6.07, 6.45) is 4.82. The molecule has 0 aliphatic carbocycles. The monoisotopic (exact) mass is 278 g/mol. The Morgan fingerprint density at radius 3 is 2.35 bits per heavy atom. The quantitative estimate of drug-likeness (QED) is 0.575. The maximum absolute atomic E-state index is 11.2. The lowest BCUT2D eigenvalue weighted by Crippen LogP contribution is -2.64. The van der Waals surface area contributed by atoms with Crippen LogP contribution in [0.15, 0.2) is 17.3 Å². The molecule has 0 radical (unpaired) electrons. The molecule has 5 heteroatoms. The number of piperazine rings is 1. The van der Waals surface area contributed by atoms with Gasteiger partial charge in [0.1, 0.15) is 5.84 Å². The van der Waals surface area contributed by atoms with Crippen molar-refractivity contribution in [2.45, 2.75) is 33.2 Å². The highest BCUT2D eigenvalue weighted by atomic mass is 16.2. The molecular weight excluding hydrogens is 252 g/mol. The lowest BCUT2D eigenvalue weighted by atomic mass is 10.1. The summed E-state index contributed by atoms with van der Waals surface area (Å²) in [5.41, 5.74) is 0. The van der Waals surface area contributed by atoms with E-state index in [1.165, 1.54) is 5.84 Å². The van der Waals surface area contributed by atoms with Gasteiger partial charge in [0, 0.05) is 64.9 Å². The lowest BCUT2D eigenvalue weighted by Gasteiger charge is -2.48. The third kappa shape index (κ3) is 3.39. The fraction of sp³-hybridized carbons (Fsp3) is 0.733. The van der Waals surface area contributed by atoms with Gasteiger partial charge in [0.05, 0.1) is 0 Å². The van der Waals surface area contributed by atoms with Crippen LogP contribution in [0.1, 0.15) is 27.2 Å². The van der Waals surface area contributed by atoms with Gasteiger partial charge in [-0.2, -0.15) is 0 Å². The Morgan fingerprint density at radius 2 is 1.85 bits per heavy atom. The minimum Gasteiger partial charge on any atom is -0.358 e. The zero-order valence-corrected chi connectivity index (χ0v) is 12.9. The van der Waals surface area contributed by atoms with Crippen LogP contribution in [0, 0.1) is 0 Å². The van der Waals surface area contributed by atoms with Crippen molar-refractivity contribution >= 4 is 11.7 Å². The number of nitrogens with zero attached hydrogens (tertiary/aromatic N) is 4. The summed E-state index contributed by atoms with van der Waals surface area (Å²) >= 11 is 0. The summed E-state index contributed by atoms with van der Waals surface area (Å²) in [5, 5.41) is 0. The second-order valence-corrected chi connectivity index (χ2v) is 5.48. The number of carbonyl (C=O) groups excluding carboxylic acids is 1. The number of rotatable bonds is 3. The van der Waals surface area contributed by atoms with Gasteiger partial charge < -0.3 is 9.80 Å². The van der Waals surface area contributed by atoms with E-state index in [0.29, 0.717) is 6.04 Å². The molecule has 2 fully saturated rings. The van der Waals surface area contributed by atoms with Crippen LogP contribution in [0.4, 0.5) is 0 Å². The topological polar surface area (TPSA) is 39.1 Å². The van der Waals surface area contributed by atoms with Crippen molar-refractivity contribution < 1.29 is 4.79 Å². The van der Waals surface area contributed by atoms with Gasteiger partial charge in [-0.15, -0.1) is 0 Å². The summed E-state index contributed by atoms with van der Waals surface area (Å²) in [7, 11) is 0. The Kier molecular flexibility index (Phi) is 5.17. The van der Waals surface area contributed by atoms with Crippen LogP contribution in [-0.4, -0.2) is 71.8 Å². The highest BCUT2D eigenvalue weighted by Gasteiger charge is 2.34. The zero-order chi connectivity index (χ0) is 14.5. The van der Waals surface area contributed by atoms with Crippen LogP contribution in [0.3, 0.4) is 0 Å². The molecule has 2 heterocycles. The standard InChI is InChI=1S/C15H26N4O/c1-4-6-16-15(5-2)18-9-7-17(8-10-18)14-11-19(12-14)13(3)20/h4,6,14H,5,7-12H2,1-3H3/b6-4-,16-15?. The molecule has 2 aliphatic heterocycles. The van der Waals surface area contributed by atoms with E-state index in [9.17, 15) is 4.79 Å². The van der Waals surface area contributed by atoms with Crippen LogP contribution in [0.2, 0.25) is 0 Å². The molecule has 1 amide bonds. The van der Waals surface area contributed by atoms with Crippen molar-refractivity contribution in [1.29, 1.82) is 0 Å². The van der Waals surface area contributed by atoms with Crippen molar-refractivity contribution in [3.63, 3.8) is 0 Å². The molecule has 20 heavy (non-hydrogen) atoms. The third-order valence-electron chi connectivity index (χ3n) is 4.19. The molecule has 0 bridgehead atoms. The Morgan fingerprint density at radius 1 is 1.20 bits per heavy atom. The van der Waals surface area contributed by atoms with E-state index in [0.717, 1.165) is 45.7 Å². The van der Waals surface area contributed by atoms with E-state index >= 15 is 0 Å². The van der Waals surface area contributed by atoms with E-state index in [-0.39, 0.29) is 5.91 Å². The molecule has 2 rings (SSSR count). The van der Waals surface area contributed by atoms with E-state index in [4.69, 9.17) is 0 Å². The first-order valence-corrected chi connectivity index (χ1v) is 7.58. The second kappa shape index (κ2) is 6.88. The molecular formula is C15H26N4O. The van der Waals surface area contributed by atoms with Crippen molar-refractivity contribution in [1.82, 2.24) is 14.7 Å². The number of carbonyl (C=O) groups is 1. The van der Waals surface area contributed by atoms with Crippen LogP contribution in [0.25, 0.3) is 0 Å². The van der Waals surface area contributed by atoms with E-state index in [1.807, 2.05) is 24.1 Å². The van der Waals surface area contributed by atoms with Crippen molar-refractivity contribution in [3.05, 3.63) is 12.3 Å². The predicted molar refractivity (Wildman–Crippen MR) is 81.7 cm³/mol. The second-order valence-electron chi connectivity index (χ2n) is 5.48. The zero-order valence-electron chi connectivity index (χ0n) is 12.9. The number of amides is 1. The van der Waals surface area contributed by atoms with Gasteiger partial charge in [0.15, 0.2) is 0 Å². The number of likely N-dealkylation sites (tertiary alicyclic amines) is 1. The van der Waals surface area contributed by atoms with Gasteiger partial charge in [0.2, 0.25) is 5.91 Å². The maximum Gasteiger partial charge on any atom is 0.219 e. The first-order valence-electron chi connectivity index (χ1n) is 7.58. The lowest BCUT2D eigenvalue weighted by molar-refractivity contribution is -0.136. The molecule has 0 saturated carbocycles. The minimum atomic E-state index is 0.201. The third-order valence-corrected chi connectivity index (χ3v) is 4.19. The van der Waals surface area contributed by atoms with Gasteiger partial charge in [-0.05, 0) is 6.92 Å². The average molecular weight is 278 g/mol. The molecule has 0 unspecified atom stereocenters. The Labute approximate surface area is 121 Å². The van der Waals surface area contributed by atoms with Crippen molar-refractivity contribution in [2.24, 2.45) is 4.99 Å². The highest BCUT2D eigenvalue weighted by molar-refractivity contribution is 5.82. The summed E-state index contributed by atoms with van der Waals surface area (Å²) in [6, 6.07) is 0.568. The van der Waals surface area contributed by atoms with Crippen LogP contribution < -0.4 is 0 Å². The molecule has 0 atom stereocenters. The maximum atomic E-state index is 11.2. The summed E-state index contributed by atoms with van der Waals surface area (Å²) in [5.74, 6) is 1.38. The summed E-state index contributed by atoms with van der Waals surface area (Å²) in [6.45, 7) is 11.8. The molecule has 2 aliphatic rings. The average Bonchev–Trinajstić information content (AvgIpc) is 2.39. The number of amidine groups is 1. The Hall–Kier alpha value is -1.36. The molecule has 0 aromatic rings. The van der Waals surface area contributed by atoms with Gasteiger partial charge in [-0.25, -0.2) is 4.99 Å². The molecule has 0 aromatic carbocycles. The molecule has 0 spiro atoms. The Bertz CT molecular complexity index is 391.